The second kappa shape index (κ2) is 8.44. The Labute approximate surface area is 180 Å². The van der Waals surface area contributed by atoms with Gasteiger partial charge in [-0.3, -0.25) is 10.1 Å². The lowest BCUT2D eigenvalue weighted by atomic mass is 10.1. The van der Waals surface area contributed by atoms with Gasteiger partial charge in [-0.05, 0) is 66.3 Å². The van der Waals surface area contributed by atoms with Crippen LogP contribution in [0.1, 0.15) is 36.1 Å². The van der Waals surface area contributed by atoms with Crippen LogP contribution in [0.4, 0.5) is 17.2 Å². The molecule has 1 atom stereocenters. The van der Waals surface area contributed by atoms with Gasteiger partial charge in [0, 0.05) is 24.0 Å². The number of aromatic nitrogens is 1. The number of hydrogen-bond donors (Lipinski definition) is 2. The molecule has 0 amide bonds. The van der Waals surface area contributed by atoms with Gasteiger partial charge in [0.2, 0.25) is 15.8 Å². The molecule has 1 aromatic heterocycles. The van der Waals surface area contributed by atoms with E-state index in [0.717, 1.165) is 29.5 Å². The number of benzene rings is 2. The number of aryl methyl sites for hydroxylation is 2. The molecule has 0 aliphatic heterocycles. The lowest BCUT2D eigenvalue weighted by Gasteiger charge is -2.16. The Hall–Kier alpha value is -3.30. The second-order valence-electron chi connectivity index (χ2n) is 7.38. The van der Waals surface area contributed by atoms with Gasteiger partial charge >= 0.3 is 5.69 Å². The zero-order valence-corrected chi connectivity index (χ0v) is 17.7. The van der Waals surface area contributed by atoms with Crippen molar-refractivity contribution < 1.29 is 13.3 Å². The maximum atomic E-state index is 12.9. The van der Waals surface area contributed by atoms with Crippen LogP contribution < -0.4 is 10.0 Å². The molecule has 31 heavy (non-hydrogen) atoms. The highest BCUT2D eigenvalue weighted by atomic mass is 32.2. The summed E-state index contributed by atoms with van der Waals surface area (Å²) in [5.74, 6) is 0.138. The van der Waals surface area contributed by atoms with Crippen molar-refractivity contribution in [1.82, 2.24) is 9.71 Å². The van der Waals surface area contributed by atoms with E-state index >= 15 is 0 Å². The van der Waals surface area contributed by atoms with E-state index in [4.69, 9.17) is 0 Å². The van der Waals surface area contributed by atoms with Crippen molar-refractivity contribution in [2.24, 2.45) is 0 Å². The number of nitrogens with one attached hydrogen (secondary N) is 2. The lowest BCUT2D eigenvalue weighted by molar-refractivity contribution is -0.384. The van der Waals surface area contributed by atoms with Crippen molar-refractivity contribution in [2.75, 3.05) is 5.32 Å². The Bertz CT molecular complexity index is 1230. The summed E-state index contributed by atoms with van der Waals surface area (Å²) in [4.78, 5) is 15.0. The van der Waals surface area contributed by atoms with E-state index in [0.29, 0.717) is 12.1 Å². The van der Waals surface area contributed by atoms with E-state index < -0.39 is 14.9 Å². The highest BCUT2D eigenvalue weighted by molar-refractivity contribution is 7.89. The van der Waals surface area contributed by atoms with Crippen LogP contribution >= 0.6 is 0 Å². The third-order valence-corrected chi connectivity index (χ3v) is 6.90. The van der Waals surface area contributed by atoms with Crippen LogP contribution in [0, 0.1) is 10.1 Å². The third-order valence-electron chi connectivity index (χ3n) is 5.41. The fraction of sp³-hybridized carbons (Fsp3) is 0.227. The predicted octanol–water partition coefficient (Wildman–Crippen LogP) is 4.26. The van der Waals surface area contributed by atoms with Gasteiger partial charge in [0.05, 0.1) is 9.82 Å². The molecule has 2 aromatic carbocycles. The number of rotatable bonds is 7. The summed E-state index contributed by atoms with van der Waals surface area (Å²) in [7, 11) is -3.67. The van der Waals surface area contributed by atoms with E-state index in [1.54, 1.807) is 12.1 Å². The first-order valence-corrected chi connectivity index (χ1v) is 11.5. The summed E-state index contributed by atoms with van der Waals surface area (Å²) in [6.45, 7) is 2.02. The van der Waals surface area contributed by atoms with E-state index in [1.165, 1.54) is 18.3 Å². The van der Waals surface area contributed by atoms with Gasteiger partial charge < -0.3 is 5.32 Å². The Balaban J connectivity index is 1.58. The predicted molar refractivity (Wildman–Crippen MR) is 118 cm³/mol. The number of hydrogen-bond acceptors (Lipinski definition) is 6. The third kappa shape index (κ3) is 4.42. The van der Waals surface area contributed by atoms with Crippen LogP contribution in [0.3, 0.4) is 0 Å². The average molecular weight is 439 g/mol. The molecule has 4 rings (SSSR count). The van der Waals surface area contributed by atoms with Crippen LogP contribution in [0.25, 0.3) is 0 Å². The Morgan fingerprint density at radius 3 is 2.65 bits per heavy atom. The number of sulfonamides is 1. The van der Waals surface area contributed by atoms with Gasteiger partial charge in [0.15, 0.2) is 0 Å². The van der Waals surface area contributed by atoms with E-state index in [-0.39, 0.29) is 22.4 Å². The number of pyridine rings is 1. The monoisotopic (exact) mass is 438 g/mol. The normalized spacial score (nSPS) is 15.5. The van der Waals surface area contributed by atoms with Crippen molar-refractivity contribution in [2.45, 2.75) is 37.1 Å². The molecule has 9 heteroatoms. The zero-order valence-electron chi connectivity index (χ0n) is 16.9. The van der Waals surface area contributed by atoms with Crippen molar-refractivity contribution in [3.05, 3.63) is 87.6 Å². The van der Waals surface area contributed by atoms with Crippen molar-refractivity contribution in [1.29, 1.82) is 0 Å². The van der Waals surface area contributed by atoms with Crippen LogP contribution in [-0.4, -0.2) is 18.3 Å². The van der Waals surface area contributed by atoms with Gasteiger partial charge in [0.25, 0.3) is 0 Å². The fourth-order valence-electron chi connectivity index (χ4n) is 3.74. The molecule has 0 fully saturated rings. The van der Waals surface area contributed by atoms with Gasteiger partial charge in [-0.2, -0.15) is 0 Å². The molecular formula is C22H22N4O4S. The van der Waals surface area contributed by atoms with Gasteiger partial charge in [0.1, 0.15) is 0 Å². The van der Waals surface area contributed by atoms with Gasteiger partial charge in [-0.1, -0.05) is 25.1 Å². The Morgan fingerprint density at radius 2 is 1.94 bits per heavy atom. The highest BCUT2D eigenvalue weighted by Gasteiger charge is 2.28. The molecule has 160 valence electrons. The average Bonchev–Trinajstić information content (AvgIpc) is 3.15. The molecule has 0 spiro atoms. The van der Waals surface area contributed by atoms with E-state index in [2.05, 4.69) is 15.0 Å². The summed E-state index contributed by atoms with van der Waals surface area (Å²) >= 11 is 0. The van der Waals surface area contributed by atoms with Gasteiger partial charge in [-0.25, -0.2) is 18.1 Å². The molecule has 1 aliphatic carbocycles. The number of nitro groups is 1. The summed E-state index contributed by atoms with van der Waals surface area (Å²) in [5, 5.41) is 14.2. The molecule has 0 radical (unpaired) electrons. The van der Waals surface area contributed by atoms with E-state index in [1.807, 2.05) is 37.3 Å². The maximum Gasteiger partial charge on any atom is 0.311 e. The Kier molecular flexibility index (Phi) is 5.71. The lowest BCUT2D eigenvalue weighted by Crippen LogP contribution is -2.27. The smallest absolute Gasteiger partial charge is 0.311 e. The largest absolute Gasteiger partial charge is 0.334 e. The van der Waals surface area contributed by atoms with Crippen LogP contribution in [0.2, 0.25) is 0 Å². The molecule has 1 unspecified atom stereocenters. The van der Waals surface area contributed by atoms with Crippen molar-refractivity contribution in [3.63, 3.8) is 0 Å². The van der Waals surface area contributed by atoms with Gasteiger partial charge in [-0.15, -0.1) is 0 Å². The topological polar surface area (TPSA) is 114 Å². The summed E-state index contributed by atoms with van der Waals surface area (Å²) in [5.41, 5.74) is 3.46. The summed E-state index contributed by atoms with van der Waals surface area (Å²) in [6, 6.07) is 14.9. The number of fused-ring (bicyclic) bond motifs is 1. The van der Waals surface area contributed by atoms with Crippen molar-refractivity contribution >= 4 is 27.2 Å². The molecule has 3 aromatic rings. The molecule has 2 N–H and O–H groups in total. The second-order valence-corrected chi connectivity index (χ2v) is 9.09. The number of anilines is 2. The fourth-order valence-corrected chi connectivity index (χ4v) is 4.99. The minimum Gasteiger partial charge on any atom is -0.334 e. The molecule has 0 saturated heterocycles. The van der Waals surface area contributed by atoms with Crippen LogP contribution in [0.15, 0.2) is 65.7 Å². The molecule has 1 heterocycles. The Morgan fingerprint density at radius 1 is 1.16 bits per heavy atom. The standard InChI is InChI=1S/C22H22N4O4S/c1-2-15-5-10-18(11-6-15)31(29,30)25-20-12-8-16-7-9-17(14-19(16)20)24-22-21(26(27)28)4-3-13-23-22/h3-7,9-11,13-14,20,25H,2,8,12H2,1H3,(H,23,24). The minimum absolute atomic E-state index is 0.129. The van der Waals surface area contributed by atoms with Crippen LogP contribution in [0.5, 0.6) is 0 Å². The molecule has 8 nitrogen and oxygen atoms in total. The maximum absolute atomic E-state index is 12.9. The molecule has 0 bridgehead atoms. The van der Waals surface area contributed by atoms with Crippen LogP contribution in [-0.2, 0) is 22.9 Å². The summed E-state index contributed by atoms with van der Waals surface area (Å²) < 4.78 is 28.6. The van der Waals surface area contributed by atoms with E-state index in [9.17, 15) is 18.5 Å². The SMILES string of the molecule is CCc1ccc(S(=O)(=O)NC2CCc3ccc(Nc4ncccc4[N+](=O)[O-])cc32)cc1. The van der Waals surface area contributed by atoms with Crippen molar-refractivity contribution in [3.8, 4) is 0 Å². The summed E-state index contributed by atoms with van der Waals surface area (Å²) in [6.07, 6.45) is 3.72. The highest BCUT2D eigenvalue weighted by Crippen LogP contribution is 2.35. The zero-order chi connectivity index (χ0) is 22.0. The quantitative estimate of drug-likeness (QED) is 0.421. The first kappa shape index (κ1) is 21.0. The minimum atomic E-state index is -3.67. The molecule has 0 saturated carbocycles. The molecular weight excluding hydrogens is 416 g/mol. The molecule has 1 aliphatic rings. The first-order chi connectivity index (χ1) is 14.9. The first-order valence-electron chi connectivity index (χ1n) is 9.98. The number of nitrogens with zero attached hydrogens (tertiary/aromatic N) is 2.